The quantitative estimate of drug-likeness (QED) is 0.380. The Morgan fingerprint density at radius 2 is 1.80 bits per heavy atom. The normalized spacial score (nSPS) is 14.4. The Morgan fingerprint density at radius 3 is 2.00 bits per heavy atom. The second-order valence-corrected chi connectivity index (χ2v) is 0.333. The Balaban J connectivity index is 0. The van der Waals surface area contributed by atoms with Crippen molar-refractivity contribution in [2.24, 2.45) is 0 Å². The van der Waals surface area contributed by atoms with Crippen LogP contribution >= 0.6 is 0 Å². The van der Waals surface area contributed by atoms with Gasteiger partial charge in [-0.25, -0.2) is 0 Å². The minimum Gasteiger partial charge on any atom is -0.394 e. The summed E-state index contributed by atoms with van der Waals surface area (Å²) in [7, 11) is 0. The van der Waals surface area contributed by atoms with Crippen molar-refractivity contribution in [2.45, 2.75) is 0 Å². The molecule has 0 heterocycles. The molecule has 0 bridgehead atoms. The molecule has 25 valence electrons. The van der Waals surface area contributed by atoms with Gasteiger partial charge in [0.2, 0.25) is 0 Å². The van der Waals surface area contributed by atoms with Gasteiger partial charge in [0.25, 0.3) is 0 Å². The summed E-state index contributed by atoms with van der Waals surface area (Å²) in [5.74, 6) is 0. The van der Waals surface area contributed by atoms with E-state index in [-0.39, 0.29) is 32.7 Å². The molecule has 0 unspecified atom stereocenters. The van der Waals surface area contributed by atoms with Gasteiger partial charge in [-0.1, -0.05) is 0 Å². The maximum absolute atomic E-state index is 6.25. The first-order valence-corrected chi connectivity index (χ1v) is 0.911. The summed E-state index contributed by atoms with van der Waals surface area (Å²) in [6.07, 6.45) is 2.60. The van der Waals surface area contributed by atoms with Crippen LogP contribution in [0.15, 0.2) is 12.2 Å². The molecule has 0 aliphatic carbocycles. The van der Waals surface area contributed by atoms with Gasteiger partial charge in [0.1, 0.15) is 0 Å². The average Bonchev–Trinajstić information content (AvgIpc) is 1.61. The summed E-state index contributed by atoms with van der Waals surface area (Å²) < 4.78 is 12.5. The summed E-state index contributed by atoms with van der Waals surface area (Å²) >= 11 is 0. The maximum atomic E-state index is 6.25. The minimum atomic E-state index is 0. The largest absolute Gasteiger partial charge is 0.394 e. The second-order valence-electron chi connectivity index (χ2n) is 0.333. The van der Waals surface area contributed by atoms with Crippen LogP contribution in [0.1, 0.15) is 2.74 Å². The maximum Gasteiger partial charge on any atom is 0 e. The molecule has 0 spiro atoms. The van der Waals surface area contributed by atoms with Crippen LogP contribution in [0, 0.1) is 13.1 Å². The first kappa shape index (κ1) is 3.76. The smallest absolute Gasteiger partial charge is 0 e. The van der Waals surface area contributed by atoms with Crippen LogP contribution in [-0.4, -0.2) is 0 Å². The molecular weight excluding hydrogens is 137 g/mol. The van der Waals surface area contributed by atoms with E-state index in [1.165, 1.54) is 12.2 Å². The van der Waals surface area contributed by atoms with E-state index in [0.717, 1.165) is 0 Å². The Morgan fingerprint density at radius 1 is 1.40 bits per heavy atom. The van der Waals surface area contributed by atoms with Crippen LogP contribution in [0.4, 0.5) is 0 Å². The van der Waals surface area contributed by atoms with Gasteiger partial charge in [-0.3, -0.25) is 0 Å². The van der Waals surface area contributed by atoms with Crippen LogP contribution in [-0.2, 0) is 32.7 Å². The van der Waals surface area contributed by atoms with Crippen molar-refractivity contribution in [1.29, 1.82) is 0 Å². The van der Waals surface area contributed by atoms with Gasteiger partial charge in [0.05, 0.1) is 0 Å². The van der Waals surface area contributed by atoms with Crippen LogP contribution in [0.2, 0.25) is 0 Å². The number of rotatable bonds is 1. The van der Waals surface area contributed by atoms with Crippen molar-refractivity contribution in [3.63, 3.8) is 0 Å². The van der Waals surface area contributed by atoms with Crippen molar-refractivity contribution in [1.82, 2.24) is 0 Å². The average molecular weight is 145 g/mol. The predicted octanol–water partition coefficient (Wildman–Crippen LogP) is 0.962. The third-order valence-corrected chi connectivity index (χ3v) is 0.0833. The zero-order valence-corrected chi connectivity index (χ0v) is 5.57. The predicted molar refractivity (Wildman–Crippen MR) is 17.7 cm³/mol. The van der Waals surface area contributed by atoms with Gasteiger partial charge in [-0.2, -0.15) is 0 Å². The topological polar surface area (TPSA) is 0 Å². The monoisotopic (exact) mass is 145 g/mol. The Bertz CT molecular complexity index is 58.1. The Labute approximate surface area is 60.6 Å². The number of hydrogen-bond donors (Lipinski definition) is 0. The van der Waals surface area contributed by atoms with Crippen molar-refractivity contribution < 1.29 is 35.5 Å². The van der Waals surface area contributed by atoms with Crippen LogP contribution in [0.5, 0.6) is 0 Å². The molecule has 0 fully saturated rings. The Kier molecular flexibility index (Phi) is 6.64. The SMILES string of the molecule is [3H][C-]=CC=[C-][3H].[Y]. The van der Waals surface area contributed by atoms with E-state index in [0.29, 0.717) is 0 Å². The summed E-state index contributed by atoms with van der Waals surface area (Å²) in [6, 6.07) is 0. The molecule has 0 nitrogen and oxygen atoms in total. The standard InChI is InChI=1S/C4H4.Y/c1-3-4-2;/h1-4H;/q-2;/i1T,2T;. The van der Waals surface area contributed by atoms with Gasteiger partial charge in [-0.05, 0) is 0 Å². The third kappa shape index (κ3) is 12.2. The van der Waals surface area contributed by atoms with E-state index in [1.54, 1.807) is 0 Å². The summed E-state index contributed by atoms with van der Waals surface area (Å²) in [5.41, 5.74) is 0. The minimum absolute atomic E-state index is 0. The van der Waals surface area contributed by atoms with Crippen molar-refractivity contribution >= 4 is 0 Å². The molecule has 0 aliphatic rings. The number of allylic oxidation sites excluding steroid dienone is 2. The third-order valence-electron chi connectivity index (χ3n) is 0.0833. The van der Waals surface area contributed by atoms with Gasteiger partial charge < -0.3 is 25.3 Å². The molecule has 0 aromatic carbocycles. The van der Waals surface area contributed by atoms with Crippen molar-refractivity contribution in [3.8, 4) is 0 Å². The second kappa shape index (κ2) is 8.82. The van der Waals surface area contributed by atoms with E-state index in [2.05, 4.69) is 0 Å². The summed E-state index contributed by atoms with van der Waals surface area (Å²) in [4.78, 5) is 0. The van der Waals surface area contributed by atoms with E-state index in [1.807, 2.05) is 13.1 Å². The molecule has 0 atom stereocenters. The molecule has 0 rings (SSSR count). The first-order chi connectivity index (χ1) is 2.91. The van der Waals surface area contributed by atoms with Gasteiger partial charge >= 0.3 is 0 Å². The van der Waals surface area contributed by atoms with E-state index in [9.17, 15) is 0 Å². The molecule has 0 amide bonds. The number of hydrogen-bond acceptors (Lipinski definition) is 0. The first-order valence-electron chi connectivity index (χ1n) is 1.91. The van der Waals surface area contributed by atoms with E-state index >= 15 is 0 Å². The van der Waals surface area contributed by atoms with Gasteiger partial charge in [0, 0.05) is 32.7 Å². The summed E-state index contributed by atoms with van der Waals surface area (Å²) in [5, 5.41) is 0. The van der Waals surface area contributed by atoms with Gasteiger partial charge in [-0.15, -0.1) is 2.74 Å². The molecule has 1 radical (unpaired) electrons. The fraction of sp³-hybridized carbons (Fsp3) is 0. The van der Waals surface area contributed by atoms with E-state index in [4.69, 9.17) is 2.74 Å². The fourth-order valence-electron chi connectivity index (χ4n) is 0. The molecule has 0 N–H and O–H groups in total. The molecule has 0 saturated carbocycles. The van der Waals surface area contributed by atoms with E-state index < -0.39 is 0 Å². The zero-order valence-electron chi connectivity index (χ0n) is 4.73. The molecule has 0 aliphatic heterocycles. The molecule has 0 aromatic heterocycles. The van der Waals surface area contributed by atoms with Crippen LogP contribution < -0.4 is 0 Å². The van der Waals surface area contributed by atoms with Crippen LogP contribution in [0.25, 0.3) is 0 Å². The Hall–Kier alpha value is 0.584. The van der Waals surface area contributed by atoms with Crippen molar-refractivity contribution in [3.05, 3.63) is 25.3 Å². The fourth-order valence-corrected chi connectivity index (χ4v) is 0. The molecule has 0 aromatic rings. The van der Waals surface area contributed by atoms with Gasteiger partial charge in [0.15, 0.2) is 0 Å². The summed E-state index contributed by atoms with van der Waals surface area (Å²) in [6.45, 7) is 3.91. The molecule has 5 heavy (non-hydrogen) atoms. The molecule has 1 heteroatoms. The zero-order chi connectivity index (χ0) is 4.83. The van der Waals surface area contributed by atoms with Crippen LogP contribution in [0.3, 0.4) is 0 Å². The molecular formula is C4H4Y-2. The molecule has 0 saturated heterocycles. The van der Waals surface area contributed by atoms with Crippen molar-refractivity contribution in [2.75, 3.05) is 0 Å².